The number of aromatic nitrogens is 1. The Hall–Kier alpha value is -4.19. The lowest BCUT2D eigenvalue weighted by Crippen LogP contribution is -2.42. The van der Waals surface area contributed by atoms with Crippen LogP contribution in [0, 0.1) is 0 Å². The zero-order valence-corrected chi connectivity index (χ0v) is 17.3. The molecule has 32 heavy (non-hydrogen) atoms. The number of hydrogen-bond acceptors (Lipinski definition) is 4. The van der Waals surface area contributed by atoms with Gasteiger partial charge >= 0.3 is 12.1 Å². The second kappa shape index (κ2) is 9.75. The molecule has 0 aliphatic rings. The predicted molar refractivity (Wildman–Crippen MR) is 122 cm³/mol. The van der Waals surface area contributed by atoms with E-state index in [0.717, 1.165) is 33.3 Å². The van der Waals surface area contributed by atoms with E-state index in [0.29, 0.717) is 0 Å². The summed E-state index contributed by atoms with van der Waals surface area (Å²) in [4.78, 5) is 28.4. The fraction of sp³-hybridized carbons (Fsp3) is 0.115. The minimum atomic E-state index is -1.11. The van der Waals surface area contributed by atoms with E-state index < -0.39 is 18.1 Å². The standard InChI is InChI=1S/C26H22N2O4/c29-25(30)24(16-18-7-3-1-4-8-18)28-26(31)32-17-19-11-13-23-21(15-19)12-14-22(27-23)20-9-5-2-6-10-20/h1-15,24H,16-17H2,(H,28,31)(H,29,30). The number of pyridine rings is 1. The molecule has 3 aromatic carbocycles. The number of nitrogens with one attached hydrogen (secondary N) is 1. The number of benzene rings is 3. The largest absolute Gasteiger partial charge is 0.480 e. The van der Waals surface area contributed by atoms with E-state index in [1.165, 1.54) is 0 Å². The van der Waals surface area contributed by atoms with Crippen molar-refractivity contribution in [2.45, 2.75) is 19.1 Å². The Labute approximate surface area is 185 Å². The highest BCUT2D eigenvalue weighted by molar-refractivity contribution is 5.82. The van der Waals surface area contributed by atoms with Crippen LogP contribution in [0.3, 0.4) is 0 Å². The van der Waals surface area contributed by atoms with Gasteiger partial charge in [0.25, 0.3) is 0 Å². The molecule has 1 aromatic heterocycles. The van der Waals surface area contributed by atoms with E-state index >= 15 is 0 Å². The van der Waals surface area contributed by atoms with Crippen molar-refractivity contribution in [2.75, 3.05) is 0 Å². The lowest BCUT2D eigenvalue weighted by atomic mass is 10.1. The Balaban J connectivity index is 1.38. The first-order valence-corrected chi connectivity index (χ1v) is 10.2. The van der Waals surface area contributed by atoms with E-state index in [-0.39, 0.29) is 13.0 Å². The highest BCUT2D eigenvalue weighted by Gasteiger charge is 2.21. The van der Waals surface area contributed by atoms with Crippen molar-refractivity contribution < 1.29 is 19.4 Å². The Morgan fingerprint density at radius 3 is 2.31 bits per heavy atom. The monoisotopic (exact) mass is 426 g/mol. The number of fused-ring (bicyclic) bond motifs is 1. The minimum Gasteiger partial charge on any atom is -0.480 e. The molecule has 1 amide bonds. The van der Waals surface area contributed by atoms with Crippen molar-refractivity contribution >= 4 is 23.0 Å². The van der Waals surface area contributed by atoms with Crippen LogP contribution in [0.4, 0.5) is 4.79 Å². The number of nitrogens with zero attached hydrogens (tertiary/aromatic N) is 1. The molecule has 1 heterocycles. The molecule has 0 radical (unpaired) electrons. The van der Waals surface area contributed by atoms with Crippen molar-refractivity contribution in [3.8, 4) is 11.3 Å². The van der Waals surface area contributed by atoms with Gasteiger partial charge in [0, 0.05) is 17.4 Å². The van der Waals surface area contributed by atoms with E-state index in [4.69, 9.17) is 9.72 Å². The van der Waals surface area contributed by atoms with Gasteiger partial charge in [0.1, 0.15) is 12.6 Å². The Morgan fingerprint density at radius 1 is 0.875 bits per heavy atom. The topological polar surface area (TPSA) is 88.5 Å². The zero-order chi connectivity index (χ0) is 22.3. The summed E-state index contributed by atoms with van der Waals surface area (Å²) < 4.78 is 5.25. The van der Waals surface area contributed by atoms with Gasteiger partial charge in [0.2, 0.25) is 0 Å². The molecule has 0 aliphatic heterocycles. The summed E-state index contributed by atoms with van der Waals surface area (Å²) in [6.07, 6.45) is -0.595. The maximum absolute atomic E-state index is 12.2. The number of hydrogen-bond donors (Lipinski definition) is 2. The molecule has 0 saturated carbocycles. The lowest BCUT2D eigenvalue weighted by molar-refractivity contribution is -0.139. The lowest BCUT2D eigenvalue weighted by Gasteiger charge is -2.15. The first-order valence-electron chi connectivity index (χ1n) is 10.2. The van der Waals surface area contributed by atoms with Crippen LogP contribution in [0.1, 0.15) is 11.1 Å². The van der Waals surface area contributed by atoms with E-state index in [2.05, 4.69) is 5.32 Å². The van der Waals surface area contributed by atoms with Crippen molar-refractivity contribution in [3.05, 3.63) is 102 Å². The van der Waals surface area contributed by atoms with Crippen LogP contribution in [0.2, 0.25) is 0 Å². The van der Waals surface area contributed by atoms with Gasteiger partial charge in [-0.2, -0.15) is 0 Å². The maximum atomic E-state index is 12.2. The van der Waals surface area contributed by atoms with Crippen LogP contribution in [0.25, 0.3) is 22.2 Å². The van der Waals surface area contributed by atoms with Crippen LogP contribution in [0.5, 0.6) is 0 Å². The van der Waals surface area contributed by atoms with Crippen LogP contribution in [-0.4, -0.2) is 28.2 Å². The van der Waals surface area contributed by atoms with Crippen molar-refractivity contribution in [2.24, 2.45) is 0 Å². The van der Waals surface area contributed by atoms with Gasteiger partial charge < -0.3 is 15.2 Å². The number of carbonyl (C=O) groups is 2. The number of amides is 1. The fourth-order valence-electron chi connectivity index (χ4n) is 3.42. The first-order chi connectivity index (χ1) is 15.6. The molecule has 4 aromatic rings. The summed E-state index contributed by atoms with van der Waals surface area (Å²) in [7, 11) is 0. The van der Waals surface area contributed by atoms with Crippen molar-refractivity contribution in [1.29, 1.82) is 0 Å². The molecule has 0 fully saturated rings. The molecule has 0 saturated heterocycles. The highest BCUT2D eigenvalue weighted by atomic mass is 16.5. The zero-order valence-electron chi connectivity index (χ0n) is 17.3. The minimum absolute atomic E-state index is 0.0277. The van der Waals surface area contributed by atoms with Gasteiger partial charge in [-0.3, -0.25) is 0 Å². The number of carboxylic acid groups (broad SMARTS) is 1. The van der Waals surface area contributed by atoms with E-state index in [1.54, 1.807) is 0 Å². The summed E-state index contributed by atoms with van der Waals surface area (Å²) in [5.41, 5.74) is 4.38. The first kappa shape index (κ1) is 21.1. The molecular weight excluding hydrogens is 404 g/mol. The Kier molecular flexibility index (Phi) is 6.41. The van der Waals surface area contributed by atoms with Crippen LogP contribution in [-0.2, 0) is 22.6 Å². The van der Waals surface area contributed by atoms with Crippen LogP contribution < -0.4 is 5.32 Å². The van der Waals surface area contributed by atoms with Gasteiger partial charge in [-0.25, -0.2) is 14.6 Å². The van der Waals surface area contributed by atoms with Crippen LogP contribution >= 0.6 is 0 Å². The van der Waals surface area contributed by atoms with Crippen molar-refractivity contribution in [3.63, 3.8) is 0 Å². The normalized spacial score (nSPS) is 11.6. The Morgan fingerprint density at radius 2 is 1.59 bits per heavy atom. The summed E-state index contributed by atoms with van der Waals surface area (Å²) in [5.74, 6) is -1.11. The molecule has 4 rings (SSSR count). The molecule has 1 atom stereocenters. The number of ether oxygens (including phenoxy) is 1. The summed E-state index contributed by atoms with van der Waals surface area (Å²) in [5, 5.41) is 12.8. The third kappa shape index (κ3) is 5.29. The molecular formula is C26H22N2O4. The summed E-state index contributed by atoms with van der Waals surface area (Å²) in [6.45, 7) is 0.0277. The molecule has 0 spiro atoms. The quantitative estimate of drug-likeness (QED) is 0.442. The van der Waals surface area contributed by atoms with Gasteiger partial charge in [-0.1, -0.05) is 72.8 Å². The van der Waals surface area contributed by atoms with Gasteiger partial charge in [0.15, 0.2) is 0 Å². The molecule has 6 heteroatoms. The summed E-state index contributed by atoms with van der Waals surface area (Å²) >= 11 is 0. The number of aliphatic carboxylic acids is 1. The second-order valence-corrected chi connectivity index (χ2v) is 7.39. The van der Waals surface area contributed by atoms with E-state index in [9.17, 15) is 14.7 Å². The second-order valence-electron chi connectivity index (χ2n) is 7.39. The highest BCUT2D eigenvalue weighted by Crippen LogP contribution is 2.22. The average molecular weight is 426 g/mol. The average Bonchev–Trinajstić information content (AvgIpc) is 2.83. The number of alkyl carbamates (subject to hydrolysis) is 1. The smallest absolute Gasteiger partial charge is 0.408 e. The Bertz CT molecular complexity index is 1230. The molecule has 160 valence electrons. The number of carboxylic acids is 1. The predicted octanol–water partition coefficient (Wildman–Crippen LogP) is 4.82. The maximum Gasteiger partial charge on any atom is 0.408 e. The molecule has 0 bridgehead atoms. The molecule has 0 aliphatic carbocycles. The summed E-state index contributed by atoms with van der Waals surface area (Å²) in [6, 6.07) is 27.6. The van der Waals surface area contributed by atoms with Gasteiger partial charge in [-0.05, 0) is 29.3 Å². The number of carbonyl (C=O) groups excluding carboxylic acids is 1. The van der Waals surface area contributed by atoms with Crippen molar-refractivity contribution in [1.82, 2.24) is 10.3 Å². The molecule has 1 unspecified atom stereocenters. The number of rotatable bonds is 7. The fourth-order valence-corrected chi connectivity index (χ4v) is 3.42. The third-order valence-electron chi connectivity index (χ3n) is 5.07. The third-order valence-corrected chi connectivity index (χ3v) is 5.07. The van der Waals surface area contributed by atoms with Gasteiger partial charge in [0.05, 0.1) is 11.2 Å². The molecule has 2 N–H and O–H groups in total. The van der Waals surface area contributed by atoms with Crippen LogP contribution in [0.15, 0.2) is 91.0 Å². The van der Waals surface area contributed by atoms with Gasteiger partial charge in [-0.15, -0.1) is 0 Å². The van der Waals surface area contributed by atoms with E-state index in [1.807, 2.05) is 91.0 Å². The SMILES string of the molecule is O=C(NC(Cc1ccccc1)C(=O)O)OCc1ccc2nc(-c3ccccc3)ccc2c1. The molecule has 6 nitrogen and oxygen atoms in total.